The standard InChI is InChI=1S/C15H16O5/c1-20-10-3-5-11-9(8-10)2-4-12(15(11)19)13(16)6-7-14(17)18/h3,5,8,12H,2,4,6-7H2,1H3,(H,17,18)/t12-/m0/s1. The lowest BCUT2D eigenvalue weighted by Gasteiger charge is -2.22. The summed E-state index contributed by atoms with van der Waals surface area (Å²) in [5.41, 5.74) is 1.43. The Morgan fingerprint density at radius 2 is 2.10 bits per heavy atom. The number of hydrogen-bond acceptors (Lipinski definition) is 4. The lowest BCUT2D eigenvalue weighted by Crippen LogP contribution is -2.29. The van der Waals surface area contributed by atoms with Gasteiger partial charge in [-0.05, 0) is 36.6 Å². The number of ether oxygens (including phenoxy) is 1. The summed E-state index contributed by atoms with van der Waals surface area (Å²) in [7, 11) is 1.56. The van der Waals surface area contributed by atoms with Crippen LogP contribution in [0.3, 0.4) is 0 Å². The average molecular weight is 276 g/mol. The van der Waals surface area contributed by atoms with Gasteiger partial charge in [-0.3, -0.25) is 14.4 Å². The zero-order valence-corrected chi connectivity index (χ0v) is 11.2. The number of hydrogen-bond donors (Lipinski definition) is 1. The van der Waals surface area contributed by atoms with Gasteiger partial charge in [0, 0.05) is 12.0 Å². The molecular weight excluding hydrogens is 260 g/mol. The molecule has 1 aliphatic carbocycles. The first-order valence-corrected chi connectivity index (χ1v) is 6.48. The average Bonchev–Trinajstić information content (AvgIpc) is 2.44. The minimum absolute atomic E-state index is 0.0861. The van der Waals surface area contributed by atoms with E-state index in [-0.39, 0.29) is 24.4 Å². The lowest BCUT2D eigenvalue weighted by molar-refractivity contribution is -0.138. The van der Waals surface area contributed by atoms with E-state index in [0.717, 1.165) is 5.56 Å². The van der Waals surface area contributed by atoms with E-state index in [1.165, 1.54) is 0 Å². The second-order valence-corrected chi connectivity index (χ2v) is 4.84. The number of rotatable bonds is 5. The number of carboxylic acids is 1. The van der Waals surface area contributed by atoms with Crippen molar-refractivity contribution >= 4 is 17.5 Å². The van der Waals surface area contributed by atoms with Crippen molar-refractivity contribution in [1.29, 1.82) is 0 Å². The Kier molecular flexibility index (Phi) is 4.17. The van der Waals surface area contributed by atoms with Gasteiger partial charge in [0.1, 0.15) is 11.5 Å². The van der Waals surface area contributed by atoms with E-state index in [1.54, 1.807) is 19.2 Å². The van der Waals surface area contributed by atoms with Gasteiger partial charge in [0.15, 0.2) is 5.78 Å². The van der Waals surface area contributed by atoms with Crippen molar-refractivity contribution in [3.8, 4) is 5.75 Å². The fraction of sp³-hybridized carbons (Fsp3) is 0.400. The molecule has 106 valence electrons. The number of benzene rings is 1. The molecule has 1 aromatic carbocycles. The molecule has 0 heterocycles. The largest absolute Gasteiger partial charge is 0.497 e. The van der Waals surface area contributed by atoms with Crippen molar-refractivity contribution in [3.63, 3.8) is 0 Å². The molecule has 0 aromatic heterocycles. The fourth-order valence-electron chi connectivity index (χ4n) is 2.47. The van der Waals surface area contributed by atoms with E-state index in [0.29, 0.717) is 24.2 Å². The molecule has 0 amide bonds. The zero-order valence-electron chi connectivity index (χ0n) is 11.2. The van der Waals surface area contributed by atoms with Crippen LogP contribution >= 0.6 is 0 Å². The minimum atomic E-state index is -1.02. The molecule has 0 saturated carbocycles. The summed E-state index contributed by atoms with van der Waals surface area (Å²) < 4.78 is 5.11. The van der Waals surface area contributed by atoms with Gasteiger partial charge in [-0.15, -0.1) is 0 Å². The number of carbonyl (C=O) groups is 3. The van der Waals surface area contributed by atoms with Crippen molar-refractivity contribution < 1.29 is 24.2 Å². The molecule has 0 aliphatic heterocycles. The van der Waals surface area contributed by atoms with Gasteiger partial charge >= 0.3 is 5.97 Å². The summed E-state index contributed by atoms with van der Waals surface area (Å²) in [5.74, 6) is -1.52. The highest BCUT2D eigenvalue weighted by atomic mass is 16.5. The van der Waals surface area contributed by atoms with Crippen LogP contribution in [0.5, 0.6) is 5.75 Å². The molecular formula is C15H16O5. The third-order valence-corrected chi connectivity index (χ3v) is 3.57. The van der Waals surface area contributed by atoms with E-state index in [2.05, 4.69) is 0 Å². The van der Waals surface area contributed by atoms with Crippen LogP contribution in [0.15, 0.2) is 18.2 Å². The predicted molar refractivity (Wildman–Crippen MR) is 71.0 cm³/mol. The maximum atomic E-state index is 12.3. The Morgan fingerprint density at radius 3 is 2.75 bits per heavy atom. The first kappa shape index (κ1) is 14.2. The van der Waals surface area contributed by atoms with E-state index in [1.807, 2.05) is 6.07 Å². The molecule has 0 bridgehead atoms. The van der Waals surface area contributed by atoms with Gasteiger partial charge in [0.2, 0.25) is 0 Å². The first-order valence-electron chi connectivity index (χ1n) is 6.48. The quantitative estimate of drug-likeness (QED) is 0.830. The lowest BCUT2D eigenvalue weighted by atomic mass is 9.79. The molecule has 1 aliphatic rings. The van der Waals surface area contributed by atoms with E-state index in [4.69, 9.17) is 9.84 Å². The van der Waals surface area contributed by atoms with Crippen LogP contribution in [0, 0.1) is 5.92 Å². The number of methoxy groups -OCH3 is 1. The second kappa shape index (κ2) is 5.86. The van der Waals surface area contributed by atoms with Crippen LogP contribution in [0.2, 0.25) is 0 Å². The highest BCUT2D eigenvalue weighted by Crippen LogP contribution is 2.29. The predicted octanol–water partition coefficient (Wildman–Crippen LogP) is 1.87. The Labute approximate surface area is 116 Å². The third-order valence-electron chi connectivity index (χ3n) is 3.57. The molecule has 1 N–H and O–H groups in total. The molecule has 1 atom stereocenters. The summed E-state index contributed by atoms with van der Waals surface area (Å²) >= 11 is 0. The van der Waals surface area contributed by atoms with Gasteiger partial charge in [0.05, 0.1) is 19.4 Å². The van der Waals surface area contributed by atoms with Crippen LogP contribution in [0.4, 0.5) is 0 Å². The number of aryl methyl sites for hydroxylation is 1. The molecule has 1 aromatic rings. The SMILES string of the molecule is COc1ccc2c(c1)CC[C@@H](C(=O)CCC(=O)O)C2=O. The Bertz CT molecular complexity index is 561. The number of carboxylic acid groups (broad SMARTS) is 1. The summed E-state index contributed by atoms with van der Waals surface area (Å²) in [5, 5.41) is 8.59. The summed E-state index contributed by atoms with van der Waals surface area (Å²) in [6.07, 6.45) is 0.758. The zero-order chi connectivity index (χ0) is 14.7. The summed E-state index contributed by atoms with van der Waals surface area (Å²) in [6, 6.07) is 5.18. The third kappa shape index (κ3) is 2.87. The van der Waals surface area contributed by atoms with Crippen LogP contribution in [-0.4, -0.2) is 29.8 Å². The maximum absolute atomic E-state index is 12.3. The van der Waals surface area contributed by atoms with Crippen molar-refractivity contribution in [1.82, 2.24) is 0 Å². The number of carbonyl (C=O) groups excluding carboxylic acids is 2. The van der Waals surface area contributed by atoms with Gasteiger partial charge in [0.25, 0.3) is 0 Å². The number of aliphatic carboxylic acids is 1. The van der Waals surface area contributed by atoms with Crippen LogP contribution in [-0.2, 0) is 16.0 Å². The van der Waals surface area contributed by atoms with Crippen LogP contribution in [0.1, 0.15) is 35.2 Å². The van der Waals surface area contributed by atoms with Gasteiger partial charge < -0.3 is 9.84 Å². The summed E-state index contributed by atoms with van der Waals surface area (Å²) in [4.78, 5) is 34.7. The minimum Gasteiger partial charge on any atom is -0.497 e. The molecule has 0 unspecified atom stereocenters. The molecule has 0 spiro atoms. The van der Waals surface area contributed by atoms with Gasteiger partial charge in [-0.2, -0.15) is 0 Å². The van der Waals surface area contributed by atoms with E-state index < -0.39 is 11.9 Å². The smallest absolute Gasteiger partial charge is 0.303 e. The molecule has 0 fully saturated rings. The van der Waals surface area contributed by atoms with E-state index >= 15 is 0 Å². The normalized spacial score (nSPS) is 17.4. The Hall–Kier alpha value is -2.17. The molecule has 5 heteroatoms. The van der Waals surface area contributed by atoms with Gasteiger partial charge in [-0.1, -0.05) is 0 Å². The number of Topliss-reactive ketones (excluding diaryl/α,β-unsaturated/α-hetero) is 2. The molecule has 20 heavy (non-hydrogen) atoms. The number of fused-ring (bicyclic) bond motifs is 1. The number of ketones is 2. The Balaban J connectivity index is 2.15. The maximum Gasteiger partial charge on any atom is 0.303 e. The topological polar surface area (TPSA) is 80.7 Å². The Morgan fingerprint density at radius 1 is 1.35 bits per heavy atom. The molecule has 0 saturated heterocycles. The van der Waals surface area contributed by atoms with Crippen LogP contribution in [0.25, 0.3) is 0 Å². The molecule has 0 radical (unpaired) electrons. The van der Waals surface area contributed by atoms with Crippen LogP contribution < -0.4 is 4.74 Å². The fourth-order valence-corrected chi connectivity index (χ4v) is 2.47. The van der Waals surface area contributed by atoms with Crippen molar-refractivity contribution in [3.05, 3.63) is 29.3 Å². The highest BCUT2D eigenvalue weighted by molar-refractivity contribution is 6.12. The molecule has 2 rings (SSSR count). The summed E-state index contributed by atoms with van der Waals surface area (Å²) in [6.45, 7) is 0. The highest BCUT2D eigenvalue weighted by Gasteiger charge is 2.32. The monoisotopic (exact) mass is 276 g/mol. The van der Waals surface area contributed by atoms with Gasteiger partial charge in [-0.25, -0.2) is 0 Å². The van der Waals surface area contributed by atoms with E-state index in [9.17, 15) is 14.4 Å². The van der Waals surface area contributed by atoms with Crippen molar-refractivity contribution in [2.45, 2.75) is 25.7 Å². The second-order valence-electron chi connectivity index (χ2n) is 4.84. The van der Waals surface area contributed by atoms with Crippen molar-refractivity contribution in [2.75, 3.05) is 7.11 Å². The van der Waals surface area contributed by atoms with Crippen molar-refractivity contribution in [2.24, 2.45) is 5.92 Å². The first-order chi connectivity index (χ1) is 9.52. The molecule has 5 nitrogen and oxygen atoms in total.